The number of allylic oxidation sites excluding steroid dienone is 2. The van der Waals surface area contributed by atoms with Gasteiger partial charge in [-0.2, -0.15) is 0 Å². The first-order chi connectivity index (χ1) is 19.8. The van der Waals surface area contributed by atoms with Crippen LogP contribution in [-0.2, 0) is 21.4 Å². The third-order valence-corrected chi connectivity index (χ3v) is 15.0. The van der Waals surface area contributed by atoms with Crippen LogP contribution in [0.25, 0.3) is 10.9 Å². The summed E-state index contributed by atoms with van der Waals surface area (Å²) in [6, 6.07) is 6.54. The number of H-pyrrole nitrogens is 1. The molecule has 42 heavy (non-hydrogen) atoms. The molecule has 0 amide bonds. The second-order valence-electron chi connectivity index (χ2n) is 16.6. The van der Waals surface area contributed by atoms with Crippen molar-refractivity contribution >= 4 is 16.9 Å². The molecule has 9 atom stereocenters. The minimum absolute atomic E-state index is 0.0495. The van der Waals surface area contributed by atoms with Gasteiger partial charge in [0.2, 0.25) is 0 Å². The predicted octanol–water partition coefficient (Wildman–Crippen LogP) is 9.02. The van der Waals surface area contributed by atoms with Crippen molar-refractivity contribution in [3.8, 4) is 5.75 Å². The van der Waals surface area contributed by atoms with Crippen molar-refractivity contribution < 1.29 is 14.3 Å². The molecule has 1 aromatic heterocycles. The zero-order valence-electron chi connectivity index (χ0n) is 27.6. The molecule has 1 N–H and O–H groups in total. The summed E-state index contributed by atoms with van der Waals surface area (Å²) < 4.78 is 11.4. The van der Waals surface area contributed by atoms with Gasteiger partial charge in [-0.1, -0.05) is 72.2 Å². The largest absolute Gasteiger partial charge is 0.495 e. The Morgan fingerprint density at radius 3 is 2.43 bits per heavy atom. The van der Waals surface area contributed by atoms with Crippen LogP contribution in [0.3, 0.4) is 0 Å². The molecule has 2 aromatic rings. The molecular formula is C38H53NO3. The fourth-order valence-electron chi connectivity index (χ4n) is 12.5. The lowest BCUT2D eigenvalue weighted by Gasteiger charge is -2.70. The van der Waals surface area contributed by atoms with Crippen LogP contribution >= 0.6 is 0 Å². The van der Waals surface area contributed by atoms with Crippen molar-refractivity contribution in [2.45, 2.75) is 105 Å². The van der Waals surface area contributed by atoms with Gasteiger partial charge in [0.1, 0.15) is 5.75 Å². The van der Waals surface area contributed by atoms with Crippen LogP contribution in [0, 0.1) is 51.2 Å². The number of methoxy groups -OCH3 is 2. The van der Waals surface area contributed by atoms with E-state index in [1.165, 1.54) is 29.5 Å². The molecule has 0 aliphatic heterocycles. The standard InChI is InChI=1S/C38H53NO3/c1-22-15-18-38(33(40)42-9)20-19-36(6)26(30(38)23(22)2)13-14-29-35(5)21-25-24-11-10-12-27(41-8)31(24)39-32(25)34(3,4)28(35)16-17-37(29,36)7/h10-13,22-23,28-30,39H,14-21H2,1-9H3/t22-,23+,28+,29-,30+,35+,36-,37-,38+/m1/s1. The van der Waals surface area contributed by atoms with Crippen molar-refractivity contribution in [1.82, 2.24) is 4.98 Å². The maximum absolute atomic E-state index is 13.6. The fraction of sp³-hybridized carbons (Fsp3) is 0.711. The van der Waals surface area contributed by atoms with Crippen molar-refractivity contribution in [2.24, 2.45) is 51.2 Å². The molecule has 0 spiro atoms. The molecule has 0 bridgehead atoms. The lowest BCUT2D eigenvalue weighted by molar-refractivity contribution is -0.181. The van der Waals surface area contributed by atoms with Crippen molar-refractivity contribution in [3.05, 3.63) is 41.1 Å². The molecular weight excluding hydrogens is 518 g/mol. The Morgan fingerprint density at radius 2 is 1.71 bits per heavy atom. The monoisotopic (exact) mass is 571 g/mol. The van der Waals surface area contributed by atoms with Crippen LogP contribution in [0.1, 0.15) is 105 Å². The maximum atomic E-state index is 13.6. The minimum atomic E-state index is -0.346. The first kappa shape index (κ1) is 28.5. The van der Waals surface area contributed by atoms with E-state index in [0.717, 1.165) is 49.8 Å². The molecule has 5 aliphatic carbocycles. The van der Waals surface area contributed by atoms with Crippen molar-refractivity contribution in [1.29, 1.82) is 0 Å². The van der Waals surface area contributed by atoms with Crippen molar-refractivity contribution in [2.75, 3.05) is 14.2 Å². The van der Waals surface area contributed by atoms with Gasteiger partial charge in [-0.15, -0.1) is 0 Å². The van der Waals surface area contributed by atoms with Gasteiger partial charge < -0.3 is 14.5 Å². The number of ether oxygens (including phenoxy) is 2. The van der Waals surface area contributed by atoms with Crippen LogP contribution in [0.2, 0.25) is 0 Å². The van der Waals surface area contributed by atoms with E-state index in [1.807, 2.05) is 0 Å². The Balaban J connectivity index is 1.37. The lowest BCUT2D eigenvalue weighted by Crippen LogP contribution is -2.65. The van der Waals surface area contributed by atoms with Crippen LogP contribution in [-0.4, -0.2) is 25.2 Å². The van der Waals surface area contributed by atoms with E-state index in [2.05, 4.69) is 77.7 Å². The van der Waals surface area contributed by atoms with E-state index in [1.54, 1.807) is 19.8 Å². The Kier molecular flexibility index (Phi) is 6.06. The number of hydrogen-bond acceptors (Lipinski definition) is 3. The number of carbonyl (C=O) groups is 1. The van der Waals surface area contributed by atoms with Gasteiger partial charge in [-0.05, 0) is 109 Å². The second-order valence-corrected chi connectivity index (χ2v) is 16.6. The molecule has 3 saturated carbocycles. The van der Waals surface area contributed by atoms with Crippen molar-refractivity contribution in [3.63, 3.8) is 0 Å². The van der Waals surface area contributed by atoms with Crippen LogP contribution < -0.4 is 4.74 Å². The van der Waals surface area contributed by atoms with E-state index in [-0.39, 0.29) is 33.0 Å². The summed E-state index contributed by atoms with van der Waals surface area (Å²) in [5.74, 6) is 3.63. The topological polar surface area (TPSA) is 51.3 Å². The highest BCUT2D eigenvalue weighted by Crippen LogP contribution is 2.75. The van der Waals surface area contributed by atoms with Crippen LogP contribution in [0.5, 0.6) is 5.75 Å². The zero-order chi connectivity index (χ0) is 30.0. The molecule has 1 heterocycles. The molecule has 0 saturated heterocycles. The number of aromatic amines is 1. The summed E-state index contributed by atoms with van der Waals surface area (Å²) in [6.07, 6.45) is 11.6. The molecule has 228 valence electrons. The summed E-state index contributed by atoms with van der Waals surface area (Å²) in [5.41, 5.74) is 5.92. The number of hydrogen-bond donors (Lipinski definition) is 1. The Morgan fingerprint density at radius 1 is 0.952 bits per heavy atom. The van der Waals surface area contributed by atoms with E-state index in [9.17, 15) is 4.79 Å². The number of fused-ring (bicyclic) bond motifs is 10. The predicted molar refractivity (Wildman–Crippen MR) is 170 cm³/mol. The van der Waals surface area contributed by atoms with E-state index >= 15 is 0 Å². The normalized spacial score (nSPS) is 43.6. The van der Waals surface area contributed by atoms with Gasteiger partial charge in [-0.25, -0.2) is 0 Å². The zero-order valence-corrected chi connectivity index (χ0v) is 27.6. The molecule has 3 fully saturated rings. The second kappa shape index (κ2) is 8.91. The average Bonchev–Trinajstić information content (AvgIpc) is 3.34. The third-order valence-electron chi connectivity index (χ3n) is 15.0. The van der Waals surface area contributed by atoms with E-state index < -0.39 is 0 Å². The van der Waals surface area contributed by atoms with Crippen LogP contribution in [0.4, 0.5) is 0 Å². The molecule has 7 rings (SSSR count). The summed E-state index contributed by atoms with van der Waals surface area (Å²) in [6.45, 7) is 17.8. The highest BCUT2D eigenvalue weighted by atomic mass is 16.5. The highest BCUT2D eigenvalue weighted by molar-refractivity contribution is 5.90. The number of esters is 1. The Bertz CT molecular complexity index is 1480. The molecule has 0 radical (unpaired) electrons. The fourth-order valence-corrected chi connectivity index (χ4v) is 12.5. The van der Waals surface area contributed by atoms with Gasteiger partial charge in [0, 0.05) is 16.5 Å². The highest BCUT2D eigenvalue weighted by Gasteiger charge is 2.69. The number of aromatic nitrogens is 1. The van der Waals surface area contributed by atoms with Crippen LogP contribution in [0.15, 0.2) is 29.8 Å². The first-order valence-electron chi connectivity index (χ1n) is 16.8. The molecule has 0 unspecified atom stereocenters. The summed E-state index contributed by atoms with van der Waals surface area (Å²) in [4.78, 5) is 17.5. The lowest BCUT2D eigenvalue weighted by atomic mass is 9.33. The smallest absolute Gasteiger partial charge is 0.312 e. The maximum Gasteiger partial charge on any atom is 0.312 e. The van der Waals surface area contributed by atoms with Gasteiger partial charge in [0.05, 0.1) is 25.2 Å². The van der Waals surface area contributed by atoms with Gasteiger partial charge >= 0.3 is 5.97 Å². The van der Waals surface area contributed by atoms with Gasteiger partial charge in [-0.3, -0.25) is 4.79 Å². The minimum Gasteiger partial charge on any atom is -0.495 e. The Labute approximate surface area is 253 Å². The quantitative estimate of drug-likeness (QED) is 0.289. The van der Waals surface area contributed by atoms with Gasteiger partial charge in [0.15, 0.2) is 0 Å². The molecule has 4 nitrogen and oxygen atoms in total. The van der Waals surface area contributed by atoms with E-state index in [0.29, 0.717) is 29.6 Å². The number of benzene rings is 1. The SMILES string of the molecule is COC(=O)[C@]12CC[C@@H](C)[C@H](C)[C@H]1C1=CC[C@@H]3[C@@]4(C)Cc5c([nH]c6c(OC)cccc56)C(C)(C)[C@@H]4CC[C@@]3(C)[C@]1(C)CC2. The number of carbonyl (C=O) groups excluding carboxylic acids is 1. The third kappa shape index (κ3) is 3.23. The number of nitrogens with one attached hydrogen (secondary N) is 1. The molecule has 1 aromatic carbocycles. The average molecular weight is 572 g/mol. The summed E-state index contributed by atoms with van der Waals surface area (Å²) in [5, 5.41) is 1.34. The summed E-state index contributed by atoms with van der Waals surface area (Å²) >= 11 is 0. The first-order valence-corrected chi connectivity index (χ1v) is 16.8. The molecule has 4 heteroatoms. The molecule has 5 aliphatic rings. The number of rotatable bonds is 2. The van der Waals surface area contributed by atoms with Gasteiger partial charge in [0.25, 0.3) is 0 Å². The number of para-hydroxylation sites is 1. The Hall–Kier alpha value is -2.23. The summed E-state index contributed by atoms with van der Waals surface area (Å²) in [7, 11) is 3.39. The van der Waals surface area contributed by atoms with E-state index in [4.69, 9.17) is 9.47 Å².